The molecule has 0 spiro atoms. The molecule has 14 rings (SSSR count). The molecule has 708 valence electrons. The van der Waals surface area contributed by atoms with Crippen LogP contribution in [0.2, 0.25) is 5.02 Å². The van der Waals surface area contributed by atoms with Crippen molar-refractivity contribution in [3.05, 3.63) is 238 Å². The molecule has 1 saturated heterocycles. The summed E-state index contributed by atoms with van der Waals surface area (Å²) in [5.41, 5.74) is 32.9. The quantitative estimate of drug-likeness (QED) is 0.0161. The number of anilines is 1. The van der Waals surface area contributed by atoms with Gasteiger partial charge >= 0.3 is 0 Å². The first-order chi connectivity index (χ1) is 63.2. The Kier molecular flexibility index (Phi) is 43.0. The first-order valence-electron chi connectivity index (χ1n) is 45.6. The minimum absolute atomic E-state index is 0.0254. The van der Waals surface area contributed by atoms with Gasteiger partial charge in [-0.3, -0.25) is 40.4 Å². The summed E-state index contributed by atoms with van der Waals surface area (Å²) >= 11 is 6.33. The van der Waals surface area contributed by atoms with Gasteiger partial charge in [0, 0.05) is 170 Å². The van der Waals surface area contributed by atoms with Crippen molar-refractivity contribution in [2.75, 3.05) is 146 Å². The number of benzene rings is 6. The Labute approximate surface area is 777 Å². The van der Waals surface area contributed by atoms with Crippen LogP contribution in [-0.2, 0) is 49.9 Å². The largest absolute Gasteiger partial charge is 0.492 e. The van der Waals surface area contributed by atoms with E-state index in [-0.39, 0.29) is 23.3 Å². The second-order valence-corrected chi connectivity index (χ2v) is 34.2. The van der Waals surface area contributed by atoms with Crippen molar-refractivity contribution in [3.63, 3.8) is 0 Å². The van der Waals surface area contributed by atoms with E-state index in [1.807, 2.05) is 88.0 Å². The number of aryl methyl sites for hydroxylation is 1. The smallest absolute Gasteiger partial charge is 0.270 e. The number of aromatic nitrogens is 12. The Hall–Kier alpha value is -10.9. The van der Waals surface area contributed by atoms with Crippen LogP contribution in [0.1, 0.15) is 139 Å². The minimum atomic E-state index is -2.81. The third-order valence-electron chi connectivity index (χ3n) is 21.9. The van der Waals surface area contributed by atoms with Crippen LogP contribution in [0.25, 0.3) is 67.5 Å². The summed E-state index contributed by atoms with van der Waals surface area (Å²) in [7, 11) is 10.5. The molecule has 11 N–H and O–H groups in total. The zero-order valence-corrected chi connectivity index (χ0v) is 79.9. The van der Waals surface area contributed by atoms with Crippen LogP contribution in [0.15, 0.2) is 177 Å². The standard InChI is InChI=1S/C20H30N4O2.C17H24ClN3O.C17H23F2N3.C16H21N5O.C15H21FN4.C15H20FN3/c1-3-8-23(2)16-18-15-21-22-20(18)17-4-6-19(7-5-17)26-14-11-24-9-12-25-13-10-24;1-5-8-21(4)11-14-10-19-20-17(14)13-6-7-16(15(18)9-13)22-12(2)3;1-4-5-10-22(3)12-14-11-20-21-16(14)13-6-8-15(9-7-13)17(2,18)19;1-11-10-22-15-4-3-12(7-14(15)19-11)16-13(8-18-20-16)9-21(2)6-5-17;1-2-8-20(9-7-17)11-13-10-18-19-15(13)12-3-5-14(16)6-4-12;1-4-9-19(3)10-14-11(2)17-18-15(14)12-5-7-13(16)8-6-12/h4-7,15H,3,8-14,16H2,1-2H3,(H,21,22);6-7,9-10,12H,5,8,11H2,1-4H3,(H,19,20);6-9,11H,4-5,10,12H2,1-3H3,(H,20,21);3-4,7-8,19H,1,5-6,9-10,17H2,2H3,(H,18,20);3-6,10H,2,7-9,11,17H2,1H3,(H,18,19);5-8H,4,9-10H2,1-3H3,(H,17,18). The van der Waals surface area contributed by atoms with Gasteiger partial charge in [-0.1, -0.05) is 83.5 Å². The molecule has 0 bridgehead atoms. The van der Waals surface area contributed by atoms with E-state index < -0.39 is 5.92 Å². The highest BCUT2D eigenvalue weighted by Gasteiger charge is 2.26. The van der Waals surface area contributed by atoms with Crippen LogP contribution in [0.5, 0.6) is 17.2 Å². The number of rotatable bonds is 40. The number of hydrogen-bond acceptors (Lipinski definition) is 20. The van der Waals surface area contributed by atoms with Crippen LogP contribution in [0.4, 0.5) is 23.2 Å². The van der Waals surface area contributed by atoms with Crippen LogP contribution >= 0.6 is 11.6 Å². The highest BCUT2D eigenvalue weighted by molar-refractivity contribution is 6.32. The van der Waals surface area contributed by atoms with Crippen molar-refractivity contribution in [2.24, 2.45) is 11.5 Å². The first kappa shape index (κ1) is 104. The lowest BCUT2D eigenvalue weighted by molar-refractivity contribution is 0.0174. The third-order valence-corrected chi connectivity index (χ3v) is 22.2. The van der Waals surface area contributed by atoms with E-state index in [1.54, 1.807) is 42.6 Å². The fourth-order valence-corrected chi connectivity index (χ4v) is 15.4. The number of unbranched alkanes of at least 4 members (excludes halogenated alkanes) is 1. The Morgan fingerprint density at radius 3 is 1.40 bits per heavy atom. The molecule has 6 aromatic heterocycles. The van der Waals surface area contributed by atoms with Crippen LogP contribution in [-0.4, -0.2) is 242 Å². The van der Waals surface area contributed by atoms with Gasteiger partial charge in [0.1, 0.15) is 42.1 Å². The molecule has 0 amide bonds. The first-order valence-corrected chi connectivity index (χ1v) is 46.0. The van der Waals surface area contributed by atoms with Crippen LogP contribution in [0.3, 0.4) is 0 Å². The number of ether oxygens (including phenoxy) is 4. The lowest BCUT2D eigenvalue weighted by Gasteiger charge is -2.26. The number of hydrogen-bond donors (Lipinski definition) is 9. The molecule has 0 aliphatic carbocycles. The van der Waals surface area contributed by atoms with Crippen LogP contribution < -0.4 is 31.0 Å². The SMILES string of the molecule is C=C1COc2ccc(-c3[nH]ncc3CN(C)CCN)cc2N1.CCCCN(C)Cc1cn[nH]c1-c1ccc(C(C)(F)F)cc1.CCCN(C)Cc1c(-c2ccc(F)cc2)n[nH]c1C.CCCN(C)Cc1cn[nH]c1-c1ccc(OC(C)C)c(Cl)c1.CCCN(C)Cc1cn[nH]c1-c1ccc(OCCN2CCOCC2)cc1.CCCN(CCN)Cc1cn[nH]c1-c1ccc(F)cc1. The fraction of sp³-hybridized carbons (Fsp3) is 0.440. The third kappa shape index (κ3) is 33.4. The van der Waals surface area contributed by atoms with E-state index in [0.29, 0.717) is 37.1 Å². The molecule has 0 saturated carbocycles. The number of alkyl halides is 2. The minimum Gasteiger partial charge on any atom is -0.492 e. The summed E-state index contributed by atoms with van der Waals surface area (Å²) in [6.07, 6.45) is 16.2. The Balaban J connectivity index is 0.000000177. The molecule has 131 heavy (non-hydrogen) atoms. The predicted octanol–water partition coefficient (Wildman–Crippen LogP) is 18.9. The number of fused-ring (bicyclic) bond motifs is 1. The average Bonchev–Trinajstić information content (AvgIpc) is 1.79. The summed E-state index contributed by atoms with van der Waals surface area (Å²) in [6, 6.07) is 39.5. The fourth-order valence-electron chi connectivity index (χ4n) is 15.2. The number of halogens is 5. The van der Waals surface area contributed by atoms with E-state index in [2.05, 4.69) is 195 Å². The van der Waals surface area contributed by atoms with Gasteiger partial charge in [0.2, 0.25) is 0 Å². The summed E-state index contributed by atoms with van der Waals surface area (Å²) in [5.74, 6) is -0.796. The Morgan fingerprint density at radius 1 is 0.511 bits per heavy atom. The van der Waals surface area contributed by atoms with Crippen LogP contribution in [0, 0.1) is 18.6 Å². The predicted molar refractivity (Wildman–Crippen MR) is 521 cm³/mol. The van der Waals surface area contributed by atoms with Gasteiger partial charge in [-0.15, -0.1) is 0 Å². The maximum atomic E-state index is 13.3. The van der Waals surface area contributed by atoms with Crippen molar-refractivity contribution < 1.29 is 36.5 Å². The van der Waals surface area contributed by atoms with Gasteiger partial charge in [0.25, 0.3) is 5.92 Å². The molecule has 1 fully saturated rings. The van der Waals surface area contributed by atoms with Gasteiger partial charge in [-0.05, 0) is 236 Å². The number of likely N-dealkylation sites (N-methyl/N-ethyl adjacent to an activating group) is 1. The number of aromatic amines is 6. The number of nitrogens with one attached hydrogen (secondary N) is 7. The molecule has 0 unspecified atom stereocenters. The van der Waals surface area contributed by atoms with Gasteiger partial charge in [-0.25, -0.2) is 17.6 Å². The molecule has 8 heterocycles. The maximum absolute atomic E-state index is 13.3. The topological polar surface area (TPSA) is 296 Å². The lowest BCUT2D eigenvalue weighted by atomic mass is 10.0. The van der Waals surface area contributed by atoms with Crippen molar-refractivity contribution in [1.82, 2.24) is 95.5 Å². The molecule has 2 aliphatic rings. The molecule has 12 aromatic rings. The van der Waals surface area contributed by atoms with Gasteiger partial charge in [0.15, 0.2) is 0 Å². The summed E-state index contributed by atoms with van der Waals surface area (Å²) in [5, 5.41) is 47.4. The molecule has 31 heteroatoms. The summed E-state index contributed by atoms with van der Waals surface area (Å²) in [4.78, 5) is 16.0. The highest BCUT2D eigenvalue weighted by atomic mass is 35.5. The van der Waals surface area contributed by atoms with Gasteiger partial charge in [0.05, 0.1) is 95.2 Å². The Morgan fingerprint density at radius 2 is 0.939 bits per heavy atom. The lowest BCUT2D eigenvalue weighted by Crippen LogP contribution is -2.38. The normalized spacial score (nSPS) is 12.7. The van der Waals surface area contributed by atoms with Crippen molar-refractivity contribution in [3.8, 4) is 84.8 Å². The molecule has 6 aromatic carbocycles. The molecule has 26 nitrogen and oxygen atoms in total. The van der Waals surface area contributed by atoms with Crippen molar-refractivity contribution in [2.45, 2.75) is 152 Å². The van der Waals surface area contributed by atoms with E-state index in [1.165, 1.54) is 53.1 Å². The van der Waals surface area contributed by atoms with Gasteiger partial charge < -0.3 is 60.2 Å². The molecule has 0 atom stereocenters. The van der Waals surface area contributed by atoms with Crippen molar-refractivity contribution in [1.29, 1.82) is 0 Å². The Bertz CT molecular complexity index is 5250. The van der Waals surface area contributed by atoms with E-state index >= 15 is 0 Å². The maximum Gasteiger partial charge on any atom is 0.270 e. The average molecular weight is 1820 g/mol. The molecule has 0 radical (unpaired) electrons. The summed E-state index contributed by atoms with van der Waals surface area (Å²) in [6.45, 7) is 40.7. The van der Waals surface area contributed by atoms with E-state index in [9.17, 15) is 17.6 Å². The number of morpholine rings is 1. The zero-order chi connectivity index (χ0) is 94.2. The molecule has 2 aliphatic heterocycles. The second-order valence-electron chi connectivity index (χ2n) is 33.8. The van der Waals surface area contributed by atoms with E-state index in [0.717, 1.165) is 276 Å². The number of H-pyrrole nitrogens is 6. The molecular formula is C100H139ClF4N22O4. The monoisotopic (exact) mass is 1820 g/mol. The zero-order valence-electron chi connectivity index (χ0n) is 79.2. The molecular weight excluding hydrogens is 1680 g/mol. The van der Waals surface area contributed by atoms with E-state index in [4.69, 9.17) is 42.0 Å². The number of nitrogens with zero attached hydrogens (tertiary/aromatic N) is 13. The van der Waals surface area contributed by atoms with Crippen molar-refractivity contribution >= 4 is 17.3 Å². The summed E-state index contributed by atoms with van der Waals surface area (Å²) < 4.78 is 75.1. The van der Waals surface area contributed by atoms with Gasteiger partial charge in [-0.2, -0.15) is 30.6 Å². The highest BCUT2D eigenvalue weighted by Crippen LogP contribution is 2.37. The second kappa shape index (κ2) is 54.2. The number of nitrogens with two attached hydrogens (primary N) is 2.